The largest absolute Gasteiger partial charge is 0.510 e. The van der Waals surface area contributed by atoms with Gasteiger partial charge in [-0.3, -0.25) is 0 Å². The SMILES string of the molecule is N#Cc1cccc(C[P+](=O)O)c1. The molecule has 1 N–H and O–H groups in total. The molecule has 0 spiro atoms. The highest BCUT2D eigenvalue weighted by Crippen LogP contribution is 2.21. The molecule has 0 saturated carbocycles. The zero-order valence-corrected chi connectivity index (χ0v) is 7.16. The standard InChI is InChI=1S/C8H6NO2P/c9-5-7-2-1-3-8(4-7)6-12(10)11/h1-4H,6H2/p+1. The van der Waals surface area contributed by atoms with Gasteiger partial charge in [0.2, 0.25) is 6.16 Å². The Balaban J connectivity index is 2.88. The van der Waals surface area contributed by atoms with Gasteiger partial charge in [-0.05, 0) is 16.7 Å². The second-order valence-electron chi connectivity index (χ2n) is 2.32. The van der Waals surface area contributed by atoms with Gasteiger partial charge in [-0.2, -0.15) is 10.2 Å². The second-order valence-corrected chi connectivity index (χ2v) is 3.34. The summed E-state index contributed by atoms with van der Waals surface area (Å²) < 4.78 is 10.4. The summed E-state index contributed by atoms with van der Waals surface area (Å²) in [5.74, 6) is 0. The van der Waals surface area contributed by atoms with E-state index < -0.39 is 8.03 Å². The van der Waals surface area contributed by atoms with Crippen molar-refractivity contribution in [3.63, 3.8) is 0 Å². The molecule has 3 nitrogen and oxygen atoms in total. The van der Waals surface area contributed by atoms with Crippen molar-refractivity contribution in [2.24, 2.45) is 0 Å². The third-order valence-electron chi connectivity index (χ3n) is 1.37. The van der Waals surface area contributed by atoms with E-state index in [-0.39, 0.29) is 6.16 Å². The van der Waals surface area contributed by atoms with Crippen molar-refractivity contribution in [3.05, 3.63) is 35.4 Å². The van der Waals surface area contributed by atoms with Crippen molar-refractivity contribution in [2.45, 2.75) is 6.16 Å². The summed E-state index contributed by atoms with van der Waals surface area (Å²) in [4.78, 5) is 8.60. The molecule has 0 aliphatic carbocycles. The summed E-state index contributed by atoms with van der Waals surface area (Å²) in [6.07, 6.45) is 0.116. The average molecular weight is 180 g/mol. The lowest BCUT2D eigenvalue weighted by Gasteiger charge is -1.90. The first-order valence-electron chi connectivity index (χ1n) is 3.35. The molecule has 1 unspecified atom stereocenters. The summed E-state index contributed by atoms with van der Waals surface area (Å²) in [5.41, 5.74) is 1.24. The maximum atomic E-state index is 10.4. The van der Waals surface area contributed by atoms with Crippen LogP contribution in [0.4, 0.5) is 0 Å². The fourth-order valence-corrected chi connectivity index (χ4v) is 1.40. The summed E-state index contributed by atoms with van der Waals surface area (Å²) >= 11 is 0. The van der Waals surface area contributed by atoms with E-state index in [9.17, 15) is 4.57 Å². The van der Waals surface area contributed by atoms with Crippen LogP contribution in [-0.2, 0) is 10.7 Å². The lowest BCUT2D eigenvalue weighted by Crippen LogP contribution is -1.81. The predicted molar refractivity (Wildman–Crippen MR) is 44.7 cm³/mol. The maximum absolute atomic E-state index is 10.4. The number of hydrogen-bond donors (Lipinski definition) is 1. The first-order chi connectivity index (χ1) is 5.72. The number of benzene rings is 1. The zero-order valence-electron chi connectivity index (χ0n) is 6.27. The van der Waals surface area contributed by atoms with E-state index in [1.807, 2.05) is 6.07 Å². The summed E-state index contributed by atoms with van der Waals surface area (Å²) in [7, 11) is -2.15. The molecule has 12 heavy (non-hydrogen) atoms. The van der Waals surface area contributed by atoms with E-state index in [0.29, 0.717) is 5.56 Å². The van der Waals surface area contributed by atoms with Gasteiger partial charge >= 0.3 is 8.03 Å². The molecule has 0 aliphatic heterocycles. The summed E-state index contributed by atoms with van der Waals surface area (Å²) in [6.45, 7) is 0. The topological polar surface area (TPSA) is 61.1 Å². The van der Waals surface area contributed by atoms with Crippen LogP contribution < -0.4 is 0 Å². The molecule has 0 radical (unpaired) electrons. The number of nitrogens with zero attached hydrogens (tertiary/aromatic N) is 1. The van der Waals surface area contributed by atoms with E-state index in [4.69, 9.17) is 10.2 Å². The van der Waals surface area contributed by atoms with Gasteiger partial charge < -0.3 is 0 Å². The Hall–Kier alpha value is -1.23. The van der Waals surface area contributed by atoms with Crippen LogP contribution in [-0.4, -0.2) is 4.89 Å². The third-order valence-corrected chi connectivity index (χ3v) is 2.01. The van der Waals surface area contributed by atoms with Crippen LogP contribution in [0.25, 0.3) is 0 Å². The number of rotatable bonds is 2. The Morgan fingerprint density at radius 1 is 1.58 bits per heavy atom. The highest BCUT2D eigenvalue weighted by Gasteiger charge is 2.11. The lowest BCUT2D eigenvalue weighted by atomic mass is 10.2. The van der Waals surface area contributed by atoms with Crippen LogP contribution >= 0.6 is 8.03 Å². The lowest BCUT2D eigenvalue weighted by molar-refractivity contribution is 0.502. The number of nitriles is 1. The monoisotopic (exact) mass is 180 g/mol. The first kappa shape index (κ1) is 8.86. The normalized spacial score (nSPS) is 10.5. The Labute approximate surface area is 71.1 Å². The molecule has 60 valence electrons. The molecule has 1 rings (SSSR count). The molecule has 1 atom stereocenters. The Morgan fingerprint density at radius 3 is 2.92 bits per heavy atom. The van der Waals surface area contributed by atoms with Gasteiger partial charge in [0.05, 0.1) is 11.6 Å². The van der Waals surface area contributed by atoms with E-state index in [1.54, 1.807) is 24.3 Å². The quantitative estimate of drug-likeness (QED) is 0.705. The van der Waals surface area contributed by atoms with Crippen molar-refractivity contribution in [1.29, 1.82) is 5.26 Å². The molecule has 0 bridgehead atoms. The Morgan fingerprint density at radius 2 is 2.33 bits per heavy atom. The maximum Gasteiger partial charge on any atom is 0.510 e. The molecule has 0 fully saturated rings. The molecule has 1 aromatic rings. The minimum absolute atomic E-state index is 0.116. The second kappa shape index (κ2) is 3.96. The van der Waals surface area contributed by atoms with Crippen molar-refractivity contribution < 1.29 is 9.46 Å². The summed E-state index contributed by atoms with van der Waals surface area (Å²) in [6, 6.07) is 8.67. The molecule has 0 aromatic heterocycles. The van der Waals surface area contributed by atoms with E-state index in [2.05, 4.69) is 0 Å². The zero-order chi connectivity index (χ0) is 8.97. The van der Waals surface area contributed by atoms with E-state index >= 15 is 0 Å². The Bertz CT molecular complexity index is 343. The number of hydrogen-bond acceptors (Lipinski definition) is 2. The van der Waals surface area contributed by atoms with E-state index in [1.165, 1.54) is 0 Å². The molecule has 4 heteroatoms. The average Bonchev–Trinajstić information content (AvgIpc) is 2.03. The van der Waals surface area contributed by atoms with Crippen molar-refractivity contribution in [2.75, 3.05) is 0 Å². The Kier molecular flexibility index (Phi) is 2.93. The van der Waals surface area contributed by atoms with Crippen molar-refractivity contribution in [3.8, 4) is 6.07 Å². The fourth-order valence-electron chi connectivity index (χ4n) is 0.895. The highest BCUT2D eigenvalue weighted by atomic mass is 31.1. The van der Waals surface area contributed by atoms with Crippen LogP contribution in [0.15, 0.2) is 24.3 Å². The molecular weight excluding hydrogens is 173 g/mol. The van der Waals surface area contributed by atoms with Gasteiger partial charge in [0, 0.05) is 5.56 Å². The molecule has 1 aromatic carbocycles. The molecule has 0 heterocycles. The van der Waals surface area contributed by atoms with Crippen LogP contribution in [0.2, 0.25) is 0 Å². The smallest absolute Gasteiger partial charge is 0.192 e. The van der Waals surface area contributed by atoms with Crippen molar-refractivity contribution >= 4 is 8.03 Å². The molecule has 0 aliphatic rings. The van der Waals surface area contributed by atoms with Gasteiger partial charge in [-0.1, -0.05) is 12.1 Å². The van der Waals surface area contributed by atoms with Gasteiger partial charge in [0.25, 0.3) is 0 Å². The van der Waals surface area contributed by atoms with Crippen LogP contribution in [0.1, 0.15) is 11.1 Å². The molecule has 0 amide bonds. The minimum atomic E-state index is -2.15. The summed E-state index contributed by atoms with van der Waals surface area (Å²) in [5, 5.41) is 8.51. The van der Waals surface area contributed by atoms with E-state index in [0.717, 1.165) is 5.56 Å². The van der Waals surface area contributed by atoms with Gasteiger partial charge in [-0.15, -0.1) is 0 Å². The third kappa shape index (κ3) is 2.43. The van der Waals surface area contributed by atoms with Gasteiger partial charge in [0.15, 0.2) is 0 Å². The fraction of sp³-hybridized carbons (Fsp3) is 0.125. The minimum Gasteiger partial charge on any atom is -0.192 e. The van der Waals surface area contributed by atoms with Gasteiger partial charge in [-0.25, -0.2) is 0 Å². The molecular formula is C8H7NO2P+. The van der Waals surface area contributed by atoms with Crippen LogP contribution in [0, 0.1) is 11.3 Å². The first-order valence-corrected chi connectivity index (χ1v) is 4.74. The highest BCUT2D eigenvalue weighted by molar-refractivity contribution is 7.37. The van der Waals surface area contributed by atoms with Crippen LogP contribution in [0.5, 0.6) is 0 Å². The van der Waals surface area contributed by atoms with Crippen molar-refractivity contribution in [1.82, 2.24) is 0 Å². The molecule has 0 saturated heterocycles. The van der Waals surface area contributed by atoms with Gasteiger partial charge in [0.1, 0.15) is 0 Å². The van der Waals surface area contributed by atoms with Crippen LogP contribution in [0.3, 0.4) is 0 Å². The predicted octanol–water partition coefficient (Wildman–Crippen LogP) is 1.79.